The van der Waals surface area contributed by atoms with Crippen LogP contribution in [0.25, 0.3) is 0 Å². The summed E-state index contributed by atoms with van der Waals surface area (Å²) >= 11 is 0. The van der Waals surface area contributed by atoms with Crippen molar-refractivity contribution in [2.45, 2.75) is 25.8 Å². The van der Waals surface area contributed by atoms with Crippen molar-refractivity contribution in [3.05, 3.63) is 0 Å². The van der Waals surface area contributed by atoms with Gasteiger partial charge in [0.15, 0.2) is 0 Å². The molecule has 0 rings (SSSR count). The summed E-state index contributed by atoms with van der Waals surface area (Å²) in [5.41, 5.74) is 5.29. The highest BCUT2D eigenvalue weighted by molar-refractivity contribution is 5.76. The maximum absolute atomic E-state index is 10.9. The number of nitrogens with two attached hydrogens (primary N) is 1. The molecule has 0 aromatic rings. The Morgan fingerprint density at radius 1 is 1.82 bits per heavy atom. The highest BCUT2D eigenvalue weighted by atomic mass is 16.1. The van der Waals surface area contributed by atoms with Crippen LogP contribution in [-0.2, 0) is 4.79 Å². The van der Waals surface area contributed by atoms with Crippen molar-refractivity contribution < 1.29 is 4.79 Å². The van der Waals surface area contributed by atoms with E-state index in [0.717, 1.165) is 0 Å². The molecule has 3 N–H and O–H groups in total. The smallest absolute Gasteiger partial charge is 0.221 e. The van der Waals surface area contributed by atoms with Gasteiger partial charge in [0.1, 0.15) is 0 Å². The molecule has 0 saturated heterocycles. The standard InChI is InChI=1S/C8H14N2O/c1-3-4-5-8(11)10-7(2)6-9/h1,7H,4-6,9H2,2H3,(H,10,11)/t7-/m1/s1. The van der Waals surface area contributed by atoms with Gasteiger partial charge in [-0.25, -0.2) is 0 Å². The normalized spacial score (nSPS) is 11.7. The zero-order valence-electron chi connectivity index (χ0n) is 6.76. The van der Waals surface area contributed by atoms with Gasteiger partial charge in [-0.2, -0.15) is 0 Å². The second kappa shape index (κ2) is 5.75. The van der Waals surface area contributed by atoms with Gasteiger partial charge in [0, 0.05) is 25.4 Å². The topological polar surface area (TPSA) is 55.1 Å². The predicted octanol–water partition coefficient (Wildman–Crippen LogP) is -0.137. The lowest BCUT2D eigenvalue weighted by atomic mass is 10.2. The predicted molar refractivity (Wildman–Crippen MR) is 44.7 cm³/mol. The van der Waals surface area contributed by atoms with Gasteiger partial charge in [-0.05, 0) is 6.92 Å². The van der Waals surface area contributed by atoms with Crippen LogP contribution in [0.4, 0.5) is 0 Å². The number of nitrogens with one attached hydrogen (secondary N) is 1. The quantitative estimate of drug-likeness (QED) is 0.554. The van der Waals surface area contributed by atoms with E-state index >= 15 is 0 Å². The summed E-state index contributed by atoms with van der Waals surface area (Å²) in [6, 6.07) is 0.0419. The first kappa shape index (κ1) is 9.99. The first-order chi connectivity index (χ1) is 5.20. The maximum atomic E-state index is 10.9. The van der Waals surface area contributed by atoms with Crippen LogP contribution in [0, 0.1) is 12.3 Å². The zero-order valence-corrected chi connectivity index (χ0v) is 6.76. The lowest BCUT2D eigenvalue weighted by molar-refractivity contribution is -0.121. The molecular formula is C8H14N2O. The Labute approximate surface area is 67.3 Å². The summed E-state index contributed by atoms with van der Waals surface area (Å²) in [5.74, 6) is 2.37. The molecule has 0 bridgehead atoms. The minimum absolute atomic E-state index is 0.0269. The average molecular weight is 154 g/mol. The van der Waals surface area contributed by atoms with Crippen molar-refractivity contribution in [2.75, 3.05) is 6.54 Å². The first-order valence-corrected chi connectivity index (χ1v) is 3.63. The second-order valence-corrected chi connectivity index (χ2v) is 2.41. The van der Waals surface area contributed by atoms with Crippen molar-refractivity contribution in [2.24, 2.45) is 5.73 Å². The summed E-state index contributed by atoms with van der Waals surface area (Å²) in [5, 5.41) is 2.70. The third-order valence-corrected chi connectivity index (χ3v) is 1.26. The average Bonchev–Trinajstić information content (AvgIpc) is 2.00. The second-order valence-electron chi connectivity index (χ2n) is 2.41. The van der Waals surface area contributed by atoms with Crippen LogP contribution in [-0.4, -0.2) is 18.5 Å². The van der Waals surface area contributed by atoms with E-state index in [1.54, 1.807) is 0 Å². The van der Waals surface area contributed by atoms with Crippen molar-refractivity contribution in [3.8, 4) is 12.3 Å². The van der Waals surface area contributed by atoms with Gasteiger partial charge in [0.25, 0.3) is 0 Å². The fourth-order valence-electron chi connectivity index (χ4n) is 0.592. The van der Waals surface area contributed by atoms with E-state index in [9.17, 15) is 4.79 Å². The Bertz CT molecular complexity index is 160. The van der Waals surface area contributed by atoms with Crippen molar-refractivity contribution in [1.82, 2.24) is 5.32 Å². The van der Waals surface area contributed by atoms with E-state index in [-0.39, 0.29) is 11.9 Å². The molecule has 0 aliphatic rings. The summed E-state index contributed by atoms with van der Waals surface area (Å²) in [6.07, 6.45) is 5.86. The SMILES string of the molecule is C#CCCC(=O)N[C@H](C)CN. The molecule has 0 radical (unpaired) electrons. The molecular weight excluding hydrogens is 140 g/mol. The number of carbonyl (C=O) groups is 1. The molecule has 1 atom stereocenters. The number of hydrogen-bond donors (Lipinski definition) is 2. The molecule has 0 aromatic heterocycles. The Morgan fingerprint density at radius 3 is 2.91 bits per heavy atom. The summed E-state index contributed by atoms with van der Waals surface area (Å²) in [7, 11) is 0. The largest absolute Gasteiger partial charge is 0.352 e. The fourth-order valence-corrected chi connectivity index (χ4v) is 0.592. The van der Waals surface area contributed by atoms with Crippen molar-refractivity contribution in [1.29, 1.82) is 0 Å². The molecule has 3 nitrogen and oxygen atoms in total. The molecule has 62 valence electrons. The first-order valence-electron chi connectivity index (χ1n) is 3.63. The lowest BCUT2D eigenvalue weighted by Gasteiger charge is -2.09. The van der Waals surface area contributed by atoms with E-state index in [1.165, 1.54) is 0 Å². The Hall–Kier alpha value is -1.01. The lowest BCUT2D eigenvalue weighted by Crippen LogP contribution is -2.37. The van der Waals surface area contributed by atoms with Gasteiger partial charge >= 0.3 is 0 Å². The molecule has 0 unspecified atom stereocenters. The number of terminal acetylenes is 1. The number of amides is 1. The molecule has 0 heterocycles. The van der Waals surface area contributed by atoms with Gasteiger partial charge in [-0.15, -0.1) is 12.3 Å². The molecule has 0 saturated carbocycles. The van der Waals surface area contributed by atoms with E-state index in [2.05, 4.69) is 11.2 Å². The molecule has 0 fully saturated rings. The van der Waals surface area contributed by atoms with Crippen LogP contribution in [0.3, 0.4) is 0 Å². The summed E-state index contributed by atoms with van der Waals surface area (Å²) in [6.45, 7) is 2.32. The van der Waals surface area contributed by atoms with Crippen LogP contribution in [0.15, 0.2) is 0 Å². The maximum Gasteiger partial charge on any atom is 0.221 e. The van der Waals surface area contributed by atoms with E-state index in [1.807, 2.05) is 6.92 Å². The molecule has 3 heteroatoms. The summed E-state index contributed by atoms with van der Waals surface area (Å²) in [4.78, 5) is 10.9. The number of carbonyl (C=O) groups excluding carboxylic acids is 1. The van der Waals surface area contributed by atoms with Gasteiger partial charge < -0.3 is 11.1 Å². The van der Waals surface area contributed by atoms with Crippen LogP contribution in [0.1, 0.15) is 19.8 Å². The monoisotopic (exact) mass is 154 g/mol. The molecule has 0 spiro atoms. The van der Waals surface area contributed by atoms with E-state index < -0.39 is 0 Å². The molecule has 0 aliphatic carbocycles. The van der Waals surface area contributed by atoms with Crippen LogP contribution >= 0.6 is 0 Å². The Balaban J connectivity index is 3.45. The Morgan fingerprint density at radius 2 is 2.45 bits per heavy atom. The van der Waals surface area contributed by atoms with Crippen LogP contribution < -0.4 is 11.1 Å². The number of hydrogen-bond acceptors (Lipinski definition) is 2. The number of rotatable bonds is 4. The zero-order chi connectivity index (χ0) is 8.69. The Kier molecular flexibility index (Phi) is 5.22. The molecule has 11 heavy (non-hydrogen) atoms. The molecule has 1 amide bonds. The van der Waals surface area contributed by atoms with Gasteiger partial charge in [0.05, 0.1) is 0 Å². The molecule has 0 aliphatic heterocycles. The fraction of sp³-hybridized carbons (Fsp3) is 0.625. The molecule has 0 aromatic carbocycles. The van der Waals surface area contributed by atoms with Crippen LogP contribution in [0.2, 0.25) is 0 Å². The van der Waals surface area contributed by atoms with E-state index in [0.29, 0.717) is 19.4 Å². The summed E-state index contributed by atoms with van der Waals surface area (Å²) < 4.78 is 0. The van der Waals surface area contributed by atoms with Crippen molar-refractivity contribution >= 4 is 5.91 Å². The minimum atomic E-state index is -0.0269. The van der Waals surface area contributed by atoms with Crippen molar-refractivity contribution in [3.63, 3.8) is 0 Å². The third-order valence-electron chi connectivity index (χ3n) is 1.26. The van der Waals surface area contributed by atoms with E-state index in [4.69, 9.17) is 12.2 Å². The highest BCUT2D eigenvalue weighted by Gasteiger charge is 2.03. The van der Waals surface area contributed by atoms with Crippen LogP contribution in [0.5, 0.6) is 0 Å². The minimum Gasteiger partial charge on any atom is -0.352 e. The van der Waals surface area contributed by atoms with Gasteiger partial charge in [0.2, 0.25) is 5.91 Å². The van der Waals surface area contributed by atoms with Gasteiger partial charge in [-0.3, -0.25) is 4.79 Å². The van der Waals surface area contributed by atoms with Gasteiger partial charge in [-0.1, -0.05) is 0 Å². The third kappa shape index (κ3) is 5.43. The highest BCUT2D eigenvalue weighted by Crippen LogP contribution is 1.87.